The number of hydrogen-bond donors (Lipinski definition) is 1. The van der Waals surface area contributed by atoms with Crippen molar-refractivity contribution in [1.29, 1.82) is 0 Å². The summed E-state index contributed by atoms with van der Waals surface area (Å²) in [6.07, 6.45) is 0.982. The maximum atomic E-state index is 12.1. The minimum absolute atomic E-state index is 0.105. The van der Waals surface area contributed by atoms with E-state index in [-0.39, 0.29) is 6.03 Å². The average molecular weight is 364 g/mol. The highest BCUT2D eigenvalue weighted by Crippen LogP contribution is 2.25. The van der Waals surface area contributed by atoms with Crippen LogP contribution in [0, 0.1) is 12.8 Å². The molecule has 1 aliphatic rings. The Morgan fingerprint density at radius 1 is 1.41 bits per heavy atom. The van der Waals surface area contributed by atoms with Crippen LogP contribution in [0.4, 0.5) is 10.6 Å². The van der Waals surface area contributed by atoms with Crippen molar-refractivity contribution < 1.29 is 4.79 Å². The molecule has 1 fully saturated rings. The van der Waals surface area contributed by atoms with Gasteiger partial charge in [-0.1, -0.05) is 39.3 Å². The minimum atomic E-state index is -0.105. The van der Waals surface area contributed by atoms with Gasteiger partial charge in [-0.25, -0.2) is 4.79 Å². The van der Waals surface area contributed by atoms with Gasteiger partial charge in [-0.3, -0.25) is 10.00 Å². The van der Waals surface area contributed by atoms with Gasteiger partial charge in [-0.2, -0.15) is 0 Å². The monoisotopic (exact) mass is 363 g/mol. The van der Waals surface area contributed by atoms with E-state index >= 15 is 0 Å². The van der Waals surface area contributed by atoms with E-state index in [9.17, 15) is 4.79 Å². The third-order valence-electron chi connectivity index (χ3n) is 4.04. The van der Waals surface area contributed by atoms with Crippen LogP contribution in [-0.2, 0) is 13.5 Å². The lowest BCUT2D eigenvalue weighted by Crippen LogP contribution is -2.52. The fourth-order valence-corrected chi connectivity index (χ4v) is 2.99. The first-order valence-corrected chi connectivity index (χ1v) is 7.99. The summed E-state index contributed by atoms with van der Waals surface area (Å²) in [7, 11) is 1.80. The number of urea groups is 1. The minimum Gasteiger partial charge on any atom is -0.324 e. The topological polar surface area (TPSA) is 63.1 Å². The van der Waals surface area contributed by atoms with E-state index in [0.717, 1.165) is 29.7 Å². The first-order valence-electron chi connectivity index (χ1n) is 7.20. The maximum absolute atomic E-state index is 12.1. The van der Waals surface area contributed by atoms with Gasteiger partial charge in [0.25, 0.3) is 0 Å². The Labute approximate surface area is 137 Å². The number of amides is 2. The Morgan fingerprint density at radius 2 is 2.14 bits per heavy atom. The van der Waals surface area contributed by atoms with E-state index in [0.29, 0.717) is 11.7 Å². The molecule has 2 aromatic rings. The highest BCUT2D eigenvalue weighted by Gasteiger charge is 2.31. The Hall–Kier alpha value is -1.89. The Bertz CT molecular complexity index is 693. The highest BCUT2D eigenvalue weighted by molar-refractivity contribution is 9.10. The van der Waals surface area contributed by atoms with Crippen molar-refractivity contribution in [2.75, 3.05) is 18.4 Å². The third kappa shape index (κ3) is 2.99. The lowest BCUT2D eigenvalue weighted by atomic mass is 9.92. The third-order valence-corrected chi connectivity index (χ3v) is 4.82. The van der Waals surface area contributed by atoms with E-state index in [4.69, 9.17) is 0 Å². The van der Waals surface area contributed by atoms with Crippen molar-refractivity contribution in [3.8, 4) is 0 Å². The van der Waals surface area contributed by atoms with Gasteiger partial charge in [0.15, 0.2) is 5.82 Å². The molecule has 1 saturated heterocycles. The number of benzene rings is 1. The molecule has 1 aromatic heterocycles. The number of halogens is 1. The van der Waals surface area contributed by atoms with Crippen molar-refractivity contribution >= 4 is 27.8 Å². The summed E-state index contributed by atoms with van der Waals surface area (Å²) in [6.45, 7) is 3.42. The number of anilines is 1. The Balaban J connectivity index is 1.52. The molecule has 1 aliphatic heterocycles. The van der Waals surface area contributed by atoms with E-state index in [1.807, 2.05) is 19.1 Å². The first kappa shape index (κ1) is 15.0. The number of nitrogens with one attached hydrogen (secondary N) is 1. The van der Waals surface area contributed by atoms with Gasteiger partial charge >= 0.3 is 6.03 Å². The Morgan fingerprint density at radius 3 is 2.77 bits per heavy atom. The van der Waals surface area contributed by atoms with Crippen LogP contribution in [0.2, 0.25) is 0 Å². The van der Waals surface area contributed by atoms with Gasteiger partial charge in [-0.15, -0.1) is 5.10 Å². The number of nitrogens with zero attached hydrogens (tertiary/aromatic N) is 4. The SMILES string of the molecule is Cc1c(NC(=O)N2CC(Cc3ccccc3Br)C2)nnn1C. The van der Waals surface area contributed by atoms with Gasteiger partial charge in [0.1, 0.15) is 0 Å². The zero-order chi connectivity index (χ0) is 15.7. The van der Waals surface area contributed by atoms with Gasteiger partial charge in [0.2, 0.25) is 0 Å². The molecule has 0 atom stereocenters. The van der Waals surface area contributed by atoms with Crippen LogP contribution >= 0.6 is 15.9 Å². The summed E-state index contributed by atoms with van der Waals surface area (Å²) in [6, 6.07) is 8.12. The molecule has 0 unspecified atom stereocenters. The lowest BCUT2D eigenvalue weighted by Gasteiger charge is -2.39. The molecule has 1 N–H and O–H groups in total. The van der Waals surface area contributed by atoms with Gasteiger partial charge in [0, 0.05) is 24.6 Å². The molecular weight excluding hydrogens is 346 g/mol. The smallest absolute Gasteiger partial charge is 0.323 e. The van der Waals surface area contributed by atoms with E-state index in [1.54, 1.807) is 16.6 Å². The molecule has 6 nitrogen and oxygen atoms in total. The van der Waals surface area contributed by atoms with Crippen molar-refractivity contribution in [2.45, 2.75) is 13.3 Å². The van der Waals surface area contributed by atoms with Gasteiger partial charge < -0.3 is 4.90 Å². The standard InChI is InChI=1S/C15H18BrN5O/c1-10-14(18-19-20(10)2)17-15(22)21-8-11(9-21)7-12-5-3-4-6-13(12)16/h3-6,11H,7-9H2,1-2H3,(H,17,22). The van der Waals surface area contributed by atoms with Crippen LogP contribution in [-0.4, -0.2) is 39.0 Å². The predicted molar refractivity (Wildman–Crippen MR) is 87.7 cm³/mol. The van der Waals surface area contributed by atoms with Gasteiger partial charge in [-0.05, 0) is 30.9 Å². The number of aryl methyl sites for hydroxylation is 1. The van der Waals surface area contributed by atoms with Crippen LogP contribution in [0.3, 0.4) is 0 Å². The van der Waals surface area contributed by atoms with Crippen LogP contribution in [0.5, 0.6) is 0 Å². The molecule has 116 valence electrons. The number of carbonyl (C=O) groups excluding carboxylic acids is 1. The molecule has 1 aromatic carbocycles. The summed E-state index contributed by atoms with van der Waals surface area (Å²) in [4.78, 5) is 14.0. The molecule has 2 amide bonds. The highest BCUT2D eigenvalue weighted by atomic mass is 79.9. The number of likely N-dealkylation sites (tertiary alicyclic amines) is 1. The zero-order valence-corrected chi connectivity index (χ0v) is 14.2. The molecule has 3 rings (SSSR count). The summed E-state index contributed by atoms with van der Waals surface area (Å²) in [5, 5.41) is 10.6. The number of aromatic nitrogens is 3. The lowest BCUT2D eigenvalue weighted by molar-refractivity contribution is 0.131. The maximum Gasteiger partial charge on any atom is 0.323 e. The molecule has 0 saturated carbocycles. The normalized spacial score (nSPS) is 14.8. The molecule has 0 aliphatic carbocycles. The van der Waals surface area contributed by atoms with Crippen molar-refractivity contribution in [1.82, 2.24) is 19.9 Å². The number of carbonyl (C=O) groups is 1. The summed E-state index contributed by atoms with van der Waals surface area (Å²) < 4.78 is 2.77. The van der Waals surface area contributed by atoms with E-state index in [1.165, 1.54) is 5.56 Å². The molecule has 7 heteroatoms. The van der Waals surface area contributed by atoms with Crippen molar-refractivity contribution in [3.63, 3.8) is 0 Å². The number of rotatable bonds is 3. The van der Waals surface area contributed by atoms with Crippen molar-refractivity contribution in [3.05, 3.63) is 40.0 Å². The number of hydrogen-bond acceptors (Lipinski definition) is 3. The molecular formula is C15H18BrN5O. The second kappa shape index (κ2) is 6.08. The van der Waals surface area contributed by atoms with Crippen LogP contribution in [0.1, 0.15) is 11.3 Å². The summed E-state index contributed by atoms with van der Waals surface area (Å²) in [5.74, 6) is 1.04. The van der Waals surface area contributed by atoms with Crippen LogP contribution in [0.25, 0.3) is 0 Å². The molecule has 0 spiro atoms. The fourth-order valence-electron chi connectivity index (χ4n) is 2.54. The van der Waals surface area contributed by atoms with Crippen LogP contribution < -0.4 is 5.32 Å². The second-order valence-corrected chi connectivity index (χ2v) is 6.50. The van der Waals surface area contributed by atoms with E-state index in [2.05, 4.69) is 43.7 Å². The van der Waals surface area contributed by atoms with Crippen LogP contribution in [0.15, 0.2) is 28.7 Å². The zero-order valence-electron chi connectivity index (χ0n) is 12.6. The summed E-state index contributed by atoms with van der Waals surface area (Å²) in [5.41, 5.74) is 2.14. The molecule has 0 radical (unpaired) electrons. The second-order valence-electron chi connectivity index (χ2n) is 5.64. The predicted octanol–water partition coefficient (Wildman–Crippen LogP) is 2.59. The van der Waals surface area contributed by atoms with Gasteiger partial charge in [0.05, 0.1) is 5.69 Å². The Kier molecular flexibility index (Phi) is 4.15. The molecule has 22 heavy (non-hydrogen) atoms. The molecule has 2 heterocycles. The van der Waals surface area contributed by atoms with E-state index < -0.39 is 0 Å². The first-order chi connectivity index (χ1) is 10.5. The molecule has 0 bridgehead atoms. The fraction of sp³-hybridized carbons (Fsp3) is 0.400. The largest absolute Gasteiger partial charge is 0.324 e. The quantitative estimate of drug-likeness (QED) is 0.911. The average Bonchev–Trinajstić information content (AvgIpc) is 2.76. The van der Waals surface area contributed by atoms with Crippen molar-refractivity contribution in [2.24, 2.45) is 13.0 Å². The summed E-state index contributed by atoms with van der Waals surface area (Å²) >= 11 is 3.57.